The number of allylic oxidation sites excluding steroid dienone is 1. The van der Waals surface area contributed by atoms with Gasteiger partial charge < -0.3 is 41.1 Å². The summed E-state index contributed by atoms with van der Waals surface area (Å²) in [6.45, 7) is 2.47. The molecule has 7 N–H and O–H groups in total. The fourth-order valence-electron chi connectivity index (χ4n) is 7.25. The van der Waals surface area contributed by atoms with Crippen molar-refractivity contribution >= 4 is 23.2 Å². The van der Waals surface area contributed by atoms with E-state index in [1.165, 1.54) is 4.90 Å². The van der Waals surface area contributed by atoms with Gasteiger partial charge in [0.1, 0.15) is 22.8 Å². The number of ketones is 2. The molecule has 1 aromatic rings. The van der Waals surface area contributed by atoms with Crippen LogP contribution in [0.3, 0.4) is 0 Å². The number of rotatable bonds is 7. The van der Waals surface area contributed by atoms with E-state index in [9.17, 15) is 34.8 Å². The Labute approximate surface area is 244 Å². The van der Waals surface area contributed by atoms with Gasteiger partial charge in [0.05, 0.1) is 11.6 Å². The minimum absolute atomic E-state index is 0.0184. The number of phenolic OH excluding ortho intramolecular Hbond substituents is 1. The molecule has 12 nitrogen and oxygen atoms in total. The van der Waals surface area contributed by atoms with Gasteiger partial charge in [-0.05, 0) is 69.8 Å². The van der Waals surface area contributed by atoms with Crippen LogP contribution >= 0.6 is 0 Å². The van der Waals surface area contributed by atoms with Crippen molar-refractivity contribution in [1.29, 1.82) is 0 Å². The number of hydrogen-bond acceptors (Lipinski definition) is 11. The zero-order valence-corrected chi connectivity index (χ0v) is 24.4. The van der Waals surface area contributed by atoms with E-state index in [2.05, 4.69) is 5.32 Å². The van der Waals surface area contributed by atoms with Crippen LogP contribution < -0.4 is 16.0 Å². The molecule has 0 unspecified atom stereocenters. The van der Waals surface area contributed by atoms with Gasteiger partial charge in [-0.25, -0.2) is 0 Å². The molecule has 1 fully saturated rings. The largest absolute Gasteiger partial charge is 0.510 e. The number of carbonyl (C=O) groups excluding carboxylic acids is 3. The normalized spacial score (nSPS) is 28.1. The summed E-state index contributed by atoms with van der Waals surface area (Å²) in [5.74, 6) is -6.09. The Kier molecular flexibility index (Phi) is 7.86. The van der Waals surface area contributed by atoms with E-state index in [-0.39, 0.29) is 29.7 Å². The van der Waals surface area contributed by atoms with E-state index in [0.29, 0.717) is 23.6 Å². The predicted octanol–water partition coefficient (Wildman–Crippen LogP) is 0.703. The Morgan fingerprint density at radius 2 is 1.81 bits per heavy atom. The van der Waals surface area contributed by atoms with Crippen LogP contribution in [0.25, 0.3) is 0 Å². The molecule has 0 bridgehead atoms. The van der Waals surface area contributed by atoms with Crippen LogP contribution in [0.5, 0.6) is 5.75 Å². The number of benzene rings is 1. The van der Waals surface area contributed by atoms with Gasteiger partial charge in [-0.15, -0.1) is 0 Å². The average Bonchev–Trinajstić information content (AvgIpc) is 2.92. The summed E-state index contributed by atoms with van der Waals surface area (Å²) in [5.41, 5.74) is 3.63. The Bertz CT molecular complexity index is 1390. The number of nitrogens with two attached hydrogens (primary N) is 1. The van der Waals surface area contributed by atoms with Gasteiger partial charge >= 0.3 is 0 Å². The molecule has 228 valence electrons. The molecule has 42 heavy (non-hydrogen) atoms. The van der Waals surface area contributed by atoms with Crippen molar-refractivity contribution in [2.45, 2.75) is 43.9 Å². The van der Waals surface area contributed by atoms with E-state index < -0.39 is 58.0 Å². The second-order valence-electron chi connectivity index (χ2n) is 12.3. The Morgan fingerprint density at radius 1 is 1.14 bits per heavy atom. The van der Waals surface area contributed by atoms with Crippen molar-refractivity contribution in [2.24, 2.45) is 23.5 Å². The number of fused-ring (bicyclic) bond motifs is 3. The molecule has 0 spiro atoms. The number of carbonyl (C=O) groups is 3. The maximum atomic E-state index is 14.1. The van der Waals surface area contributed by atoms with Crippen molar-refractivity contribution in [1.82, 2.24) is 10.2 Å². The number of aliphatic hydroxyl groups excluding tert-OH is 2. The molecule has 1 heterocycles. The maximum Gasteiger partial charge on any atom is 0.255 e. The zero-order valence-electron chi connectivity index (χ0n) is 24.4. The highest BCUT2D eigenvalue weighted by Gasteiger charge is 2.63. The summed E-state index contributed by atoms with van der Waals surface area (Å²) >= 11 is 0. The second-order valence-corrected chi connectivity index (χ2v) is 12.3. The third-order valence-corrected chi connectivity index (χ3v) is 9.35. The lowest BCUT2D eigenvalue weighted by Gasteiger charge is -2.50. The predicted molar refractivity (Wildman–Crippen MR) is 153 cm³/mol. The lowest BCUT2D eigenvalue weighted by molar-refractivity contribution is -0.148. The van der Waals surface area contributed by atoms with Crippen molar-refractivity contribution in [3.63, 3.8) is 0 Å². The van der Waals surface area contributed by atoms with Crippen molar-refractivity contribution < 1.29 is 39.5 Å². The number of Topliss-reactive ketones (excluding diaryl/α,β-unsaturated/α-hetero) is 2. The van der Waals surface area contributed by atoms with Crippen LogP contribution in [0.4, 0.5) is 5.69 Å². The number of ether oxygens (including phenoxy) is 1. The summed E-state index contributed by atoms with van der Waals surface area (Å²) < 4.78 is 5.42. The highest BCUT2D eigenvalue weighted by atomic mass is 16.5. The summed E-state index contributed by atoms with van der Waals surface area (Å²) in [5, 5.41) is 49.0. The first-order chi connectivity index (χ1) is 19.8. The number of hydrogen-bond donors (Lipinski definition) is 6. The number of amides is 1. The highest BCUT2D eigenvalue weighted by molar-refractivity contribution is 6.24. The number of aliphatic hydroxyl groups is 3. The fraction of sp³-hybridized carbons (Fsp3) is 0.567. The Balaban J connectivity index is 1.58. The molecular weight excluding hydrogens is 544 g/mol. The van der Waals surface area contributed by atoms with Crippen molar-refractivity contribution in [3.8, 4) is 5.75 Å². The molecule has 4 aliphatic rings. The molecule has 0 aromatic heterocycles. The zero-order chi connectivity index (χ0) is 30.7. The standard InChI is InChI=1S/C30H40N4O8/c1-33(2)19-11-16(13-32-12-14-5-7-42-8-6-14)24(35)21-17(19)9-15-10-18-23(34(3)4)26(37)22(29(31)40)28(39)30(18,41)27(38)20(15)25(21)36/h11,14-15,18,23,32,35,37-38,41H,5-10,12-13H2,1-4H3,(H2,31,40)/t15-,18-,23-,30-/m0/s1. The van der Waals surface area contributed by atoms with Gasteiger partial charge in [-0.2, -0.15) is 0 Å². The number of nitrogens with zero attached hydrogens (tertiary/aromatic N) is 2. The van der Waals surface area contributed by atoms with Crippen LogP contribution in [0.15, 0.2) is 28.7 Å². The first kappa shape index (κ1) is 30.0. The molecule has 3 aliphatic carbocycles. The molecule has 4 atom stereocenters. The lowest BCUT2D eigenvalue weighted by atomic mass is 9.58. The van der Waals surface area contributed by atoms with Gasteiger partial charge in [-0.3, -0.25) is 19.3 Å². The first-order valence-corrected chi connectivity index (χ1v) is 14.3. The fourth-order valence-corrected chi connectivity index (χ4v) is 7.25. The summed E-state index contributed by atoms with van der Waals surface area (Å²) in [4.78, 5) is 43.2. The number of aromatic hydroxyl groups is 1. The summed E-state index contributed by atoms with van der Waals surface area (Å²) in [6.07, 6.45) is 2.18. The molecular formula is C30H40N4O8. The smallest absolute Gasteiger partial charge is 0.255 e. The Morgan fingerprint density at radius 3 is 2.40 bits per heavy atom. The minimum Gasteiger partial charge on any atom is -0.510 e. The van der Waals surface area contributed by atoms with Gasteiger partial charge in [0.2, 0.25) is 5.78 Å². The van der Waals surface area contributed by atoms with Gasteiger partial charge in [0, 0.05) is 56.6 Å². The van der Waals surface area contributed by atoms with E-state index in [1.54, 1.807) is 14.1 Å². The van der Waals surface area contributed by atoms with E-state index in [1.807, 2.05) is 25.1 Å². The third kappa shape index (κ3) is 4.57. The molecule has 1 amide bonds. The summed E-state index contributed by atoms with van der Waals surface area (Å²) in [7, 11) is 6.89. The number of phenols is 1. The first-order valence-electron chi connectivity index (χ1n) is 14.3. The molecule has 0 saturated carbocycles. The number of likely N-dealkylation sites (N-methyl/N-ethyl adjacent to an activating group) is 1. The number of nitrogens with one attached hydrogen (secondary N) is 1. The molecule has 0 radical (unpaired) electrons. The highest BCUT2D eigenvalue weighted by Crippen LogP contribution is 2.53. The van der Waals surface area contributed by atoms with E-state index >= 15 is 0 Å². The van der Waals surface area contributed by atoms with Crippen molar-refractivity contribution in [3.05, 3.63) is 45.4 Å². The van der Waals surface area contributed by atoms with Crippen LogP contribution in [0.1, 0.15) is 40.7 Å². The van der Waals surface area contributed by atoms with Gasteiger partial charge in [-0.1, -0.05) is 0 Å². The molecule has 5 rings (SSSR count). The van der Waals surface area contributed by atoms with Crippen LogP contribution in [0, 0.1) is 17.8 Å². The monoisotopic (exact) mass is 584 g/mol. The van der Waals surface area contributed by atoms with Gasteiger partial charge in [0.15, 0.2) is 11.4 Å². The minimum atomic E-state index is -2.66. The topological polar surface area (TPSA) is 186 Å². The lowest BCUT2D eigenvalue weighted by Crippen LogP contribution is -2.63. The Hall–Kier alpha value is -3.45. The average molecular weight is 585 g/mol. The van der Waals surface area contributed by atoms with Crippen LogP contribution in [0.2, 0.25) is 0 Å². The number of anilines is 1. The molecule has 1 saturated heterocycles. The summed E-state index contributed by atoms with van der Waals surface area (Å²) in [6, 6.07) is 0.827. The molecule has 1 aliphatic heterocycles. The third-order valence-electron chi connectivity index (χ3n) is 9.35. The quantitative estimate of drug-likeness (QED) is 0.248. The van der Waals surface area contributed by atoms with Crippen LogP contribution in [-0.2, 0) is 27.3 Å². The van der Waals surface area contributed by atoms with Crippen LogP contribution in [-0.4, -0.2) is 102 Å². The SMILES string of the molecule is CN(C)c1cc(CNCC2CCOCC2)c(O)c2c1C[C@H]1C[C@H]3[C@H](N(C)C)C(O)=C(C(N)=O)C(=O)[C@@]3(O)C(O)=C1C2=O. The van der Waals surface area contributed by atoms with E-state index in [4.69, 9.17) is 10.5 Å². The maximum absolute atomic E-state index is 14.1. The molecule has 1 aromatic carbocycles. The van der Waals surface area contributed by atoms with Gasteiger partial charge in [0.25, 0.3) is 5.91 Å². The molecule has 12 heteroatoms. The van der Waals surface area contributed by atoms with Crippen molar-refractivity contribution in [2.75, 3.05) is 52.8 Å². The van der Waals surface area contributed by atoms with E-state index in [0.717, 1.165) is 38.3 Å². The number of primary amides is 1. The second kappa shape index (κ2) is 11.0.